The number of hydrogen-bond donors (Lipinski definition) is 0. The van der Waals surface area contributed by atoms with Gasteiger partial charge in [0.2, 0.25) is 0 Å². The van der Waals surface area contributed by atoms with Crippen molar-refractivity contribution in [3.63, 3.8) is 0 Å². The van der Waals surface area contributed by atoms with Crippen LogP contribution in [0.15, 0.2) is 65.1 Å². The Kier molecular flexibility index (Phi) is 6.36. The van der Waals surface area contributed by atoms with Crippen LogP contribution < -0.4 is 5.11 Å². The van der Waals surface area contributed by atoms with E-state index in [9.17, 15) is 5.11 Å². The van der Waals surface area contributed by atoms with Gasteiger partial charge in [-0.2, -0.15) is 0 Å². The van der Waals surface area contributed by atoms with Crippen molar-refractivity contribution in [3.05, 3.63) is 60.7 Å². The Hall–Kier alpha value is -2.60. The molecule has 0 radical (unpaired) electrons. The Labute approximate surface area is 157 Å². The summed E-state index contributed by atoms with van der Waals surface area (Å²) in [6.45, 7) is 1.98. The predicted molar refractivity (Wildman–Crippen MR) is 88.0 cm³/mol. The molecule has 0 saturated carbocycles. The Morgan fingerprint density at radius 1 is 1.20 bits per heavy atom. The van der Waals surface area contributed by atoms with Crippen molar-refractivity contribution in [1.82, 2.24) is 14.5 Å². The Balaban J connectivity index is 0.00000225. The van der Waals surface area contributed by atoms with Crippen LogP contribution in [-0.4, -0.2) is 21.1 Å². The second-order valence-electron chi connectivity index (χ2n) is 4.98. The van der Waals surface area contributed by atoms with Gasteiger partial charge in [-0.25, -0.2) is 4.98 Å². The number of aromatic nitrogens is 3. The minimum atomic E-state index is -0.566. The van der Waals surface area contributed by atoms with Crippen LogP contribution in [0.4, 0.5) is 5.69 Å². The van der Waals surface area contributed by atoms with E-state index < -0.39 is 5.95 Å². The smallest absolute Gasteiger partial charge is 0.612 e. The summed E-state index contributed by atoms with van der Waals surface area (Å²) >= 11 is 0. The first-order chi connectivity index (χ1) is 11.7. The van der Waals surface area contributed by atoms with Crippen molar-refractivity contribution >= 4 is 22.3 Å². The number of azo groups is 1. The van der Waals surface area contributed by atoms with E-state index in [1.54, 1.807) is 43.2 Å². The number of para-hydroxylation sites is 1. The average Bonchev–Trinajstić information content (AvgIpc) is 3.01. The van der Waals surface area contributed by atoms with Crippen molar-refractivity contribution in [2.75, 3.05) is 6.61 Å². The fraction of sp³-hybridized carbons (Fsp3) is 0.176. The molecule has 0 N–H and O–H groups in total. The van der Waals surface area contributed by atoms with E-state index >= 15 is 0 Å². The molecule has 3 rings (SSSR count). The SMILES string of the molecule is CCO/C([O-])=C(/N=Nc1cccc2cccnc12)c1nccn1C.[Zn+2]. The van der Waals surface area contributed by atoms with Crippen molar-refractivity contribution in [2.45, 2.75) is 6.92 Å². The maximum atomic E-state index is 12.2. The van der Waals surface area contributed by atoms with Crippen molar-refractivity contribution < 1.29 is 29.3 Å². The van der Waals surface area contributed by atoms with E-state index in [1.807, 2.05) is 24.3 Å². The molecule has 0 spiro atoms. The van der Waals surface area contributed by atoms with Gasteiger partial charge in [-0.05, 0) is 18.7 Å². The number of pyridine rings is 1. The minimum absolute atomic E-state index is 0. The van der Waals surface area contributed by atoms with Gasteiger partial charge in [0.1, 0.15) is 5.69 Å². The zero-order valence-electron chi connectivity index (χ0n) is 14.1. The standard InChI is InChI=1S/C17H17N5O2.Zn/c1-3-24-17(23)15(16-19-10-11-22(16)2)21-20-13-8-4-6-12-7-5-9-18-14(12)13;/h4-11,23H,3H2,1-2H3;/q;+2/p-1/b17-15+,21-20?;. The van der Waals surface area contributed by atoms with Crippen LogP contribution in [0.2, 0.25) is 0 Å². The molecule has 0 aliphatic rings. The summed E-state index contributed by atoms with van der Waals surface area (Å²) in [6, 6.07) is 9.39. The molecular weight excluding hydrogens is 372 g/mol. The molecule has 2 aromatic heterocycles. The molecule has 0 saturated heterocycles. The molecule has 0 unspecified atom stereocenters. The first-order valence-corrected chi connectivity index (χ1v) is 7.48. The number of imidazole rings is 1. The van der Waals surface area contributed by atoms with Crippen molar-refractivity contribution in [2.24, 2.45) is 17.3 Å². The summed E-state index contributed by atoms with van der Waals surface area (Å²) in [5.41, 5.74) is 1.34. The van der Waals surface area contributed by atoms with E-state index in [1.165, 1.54) is 0 Å². The quantitative estimate of drug-likeness (QED) is 0.382. The van der Waals surface area contributed by atoms with Gasteiger partial charge in [0.05, 0.1) is 11.5 Å². The summed E-state index contributed by atoms with van der Waals surface area (Å²) in [5.74, 6) is -0.172. The summed E-state index contributed by atoms with van der Waals surface area (Å²) < 4.78 is 6.75. The number of ether oxygens (including phenoxy) is 1. The van der Waals surface area contributed by atoms with Crippen LogP contribution in [0.5, 0.6) is 0 Å². The van der Waals surface area contributed by atoms with Gasteiger partial charge in [-0.3, -0.25) is 4.98 Å². The summed E-state index contributed by atoms with van der Waals surface area (Å²) in [6.07, 6.45) is 5.00. The van der Waals surface area contributed by atoms with Crippen LogP contribution in [0.25, 0.3) is 16.6 Å². The van der Waals surface area contributed by atoms with Gasteiger partial charge < -0.3 is 14.4 Å². The molecule has 2 heterocycles. The normalized spacial score (nSPS) is 12.1. The summed E-state index contributed by atoms with van der Waals surface area (Å²) in [7, 11) is 1.77. The molecule has 0 amide bonds. The monoisotopic (exact) mass is 386 g/mol. The zero-order chi connectivity index (χ0) is 16.9. The number of fused-ring (bicyclic) bond motifs is 1. The van der Waals surface area contributed by atoms with Gasteiger partial charge in [0, 0.05) is 31.0 Å². The van der Waals surface area contributed by atoms with Crippen molar-refractivity contribution in [1.29, 1.82) is 0 Å². The summed E-state index contributed by atoms with van der Waals surface area (Å²) in [4.78, 5) is 8.47. The van der Waals surface area contributed by atoms with Gasteiger partial charge in [0.15, 0.2) is 11.5 Å². The predicted octanol–water partition coefficient (Wildman–Crippen LogP) is 2.77. The zero-order valence-corrected chi connectivity index (χ0v) is 17.1. The number of aryl methyl sites for hydroxylation is 1. The molecule has 7 nitrogen and oxygen atoms in total. The first-order valence-electron chi connectivity index (χ1n) is 7.48. The van der Waals surface area contributed by atoms with Gasteiger partial charge in [-0.15, -0.1) is 10.2 Å². The average molecular weight is 388 g/mol. The van der Waals surface area contributed by atoms with Crippen LogP contribution in [0, 0.1) is 0 Å². The number of hydrogen-bond acceptors (Lipinski definition) is 6. The minimum Gasteiger partial charge on any atom is -0.612 e. The van der Waals surface area contributed by atoms with Crippen LogP contribution in [0.3, 0.4) is 0 Å². The molecule has 8 heteroatoms. The third-order valence-electron chi connectivity index (χ3n) is 3.37. The molecule has 0 bridgehead atoms. The third-order valence-corrected chi connectivity index (χ3v) is 3.37. The maximum absolute atomic E-state index is 12.2. The number of benzene rings is 1. The van der Waals surface area contributed by atoms with E-state index in [2.05, 4.69) is 20.2 Å². The molecule has 0 aliphatic carbocycles. The van der Waals surface area contributed by atoms with Gasteiger partial charge in [-0.1, -0.05) is 25.1 Å². The van der Waals surface area contributed by atoms with Gasteiger partial charge in [0.25, 0.3) is 0 Å². The van der Waals surface area contributed by atoms with Crippen molar-refractivity contribution in [3.8, 4) is 0 Å². The number of nitrogens with zero attached hydrogens (tertiary/aromatic N) is 5. The Morgan fingerprint density at radius 3 is 2.72 bits per heavy atom. The van der Waals surface area contributed by atoms with Gasteiger partial charge >= 0.3 is 19.5 Å². The molecule has 25 heavy (non-hydrogen) atoms. The molecule has 122 valence electrons. The molecule has 1 aromatic carbocycles. The number of rotatable bonds is 5. The molecule has 0 aliphatic heterocycles. The van der Waals surface area contributed by atoms with E-state index in [0.717, 1.165) is 5.39 Å². The van der Waals surface area contributed by atoms with E-state index in [4.69, 9.17) is 4.74 Å². The van der Waals surface area contributed by atoms with Crippen LogP contribution >= 0.6 is 0 Å². The van der Waals surface area contributed by atoms with Crippen LogP contribution in [-0.2, 0) is 31.3 Å². The second kappa shape index (κ2) is 8.49. The first kappa shape index (κ1) is 18.7. The summed E-state index contributed by atoms with van der Waals surface area (Å²) in [5, 5.41) is 21.5. The Bertz CT molecular complexity index is 915. The van der Waals surface area contributed by atoms with E-state index in [0.29, 0.717) is 17.0 Å². The van der Waals surface area contributed by atoms with E-state index in [-0.39, 0.29) is 31.8 Å². The van der Waals surface area contributed by atoms with Crippen LogP contribution in [0.1, 0.15) is 12.7 Å². The Morgan fingerprint density at radius 2 is 2.00 bits per heavy atom. The largest absolute Gasteiger partial charge is 2.00 e. The molecular formula is C17H16N5O2Zn+. The second-order valence-corrected chi connectivity index (χ2v) is 4.98. The third kappa shape index (κ3) is 4.09. The molecule has 0 fully saturated rings. The fourth-order valence-electron chi connectivity index (χ4n) is 2.24. The fourth-order valence-corrected chi connectivity index (χ4v) is 2.24. The maximum Gasteiger partial charge on any atom is 2.00 e. The topological polar surface area (TPSA) is 87.7 Å². The molecule has 3 aromatic rings. The molecule has 0 atom stereocenters.